The van der Waals surface area contributed by atoms with E-state index >= 15 is 4.39 Å². The fourth-order valence-corrected chi connectivity index (χ4v) is 5.23. The number of hydrogen-bond acceptors (Lipinski definition) is 5. The van der Waals surface area contributed by atoms with Gasteiger partial charge in [-0.2, -0.15) is 0 Å². The normalized spacial score (nSPS) is 15.8. The van der Waals surface area contributed by atoms with Crippen LogP contribution in [0.4, 0.5) is 20.6 Å². The van der Waals surface area contributed by atoms with Gasteiger partial charge >= 0.3 is 6.09 Å². The van der Waals surface area contributed by atoms with Gasteiger partial charge in [-0.3, -0.25) is 14.4 Å². The molecule has 2 atom stereocenters. The van der Waals surface area contributed by atoms with Crippen molar-refractivity contribution in [3.05, 3.63) is 48.3 Å². The van der Waals surface area contributed by atoms with Crippen molar-refractivity contribution in [3.8, 4) is 11.3 Å². The second-order valence-corrected chi connectivity index (χ2v) is 12.3. The summed E-state index contributed by atoms with van der Waals surface area (Å²) in [6.45, 7) is 10.9. The van der Waals surface area contributed by atoms with Crippen LogP contribution in [-0.2, 0) is 19.1 Å². The van der Waals surface area contributed by atoms with E-state index in [-0.39, 0.29) is 29.3 Å². The van der Waals surface area contributed by atoms with Crippen LogP contribution in [0.1, 0.15) is 60.8 Å². The van der Waals surface area contributed by atoms with Gasteiger partial charge in [-0.05, 0) is 76.3 Å². The molecule has 2 aromatic carbocycles. The molecule has 0 spiro atoms. The van der Waals surface area contributed by atoms with E-state index < -0.39 is 29.6 Å². The van der Waals surface area contributed by atoms with Crippen molar-refractivity contribution in [2.24, 2.45) is 5.92 Å². The van der Waals surface area contributed by atoms with Crippen LogP contribution in [0.3, 0.4) is 0 Å². The van der Waals surface area contributed by atoms with Crippen molar-refractivity contribution in [2.75, 3.05) is 17.2 Å². The van der Waals surface area contributed by atoms with Crippen LogP contribution in [-0.4, -0.2) is 57.9 Å². The summed E-state index contributed by atoms with van der Waals surface area (Å²) in [5, 5.41) is 8.53. The molecular formula is C32H40FN5O5. The molecule has 0 bridgehead atoms. The van der Waals surface area contributed by atoms with Crippen molar-refractivity contribution in [2.45, 2.75) is 78.5 Å². The smallest absolute Gasteiger partial charge is 0.408 e. The topological polar surface area (TPSA) is 133 Å². The average molecular weight is 594 g/mol. The molecule has 1 fully saturated rings. The van der Waals surface area contributed by atoms with Crippen LogP contribution < -0.4 is 16.0 Å². The van der Waals surface area contributed by atoms with Gasteiger partial charge in [0.2, 0.25) is 17.7 Å². The van der Waals surface area contributed by atoms with Crippen LogP contribution in [0.25, 0.3) is 22.2 Å². The highest BCUT2D eigenvalue weighted by Crippen LogP contribution is 2.32. The van der Waals surface area contributed by atoms with Gasteiger partial charge in [0.15, 0.2) is 5.82 Å². The van der Waals surface area contributed by atoms with Gasteiger partial charge in [-0.25, -0.2) is 9.18 Å². The number of rotatable bonds is 8. The lowest BCUT2D eigenvalue weighted by molar-refractivity contribution is -0.138. The molecule has 0 aliphatic carbocycles. The molecule has 11 heteroatoms. The van der Waals surface area contributed by atoms with Crippen molar-refractivity contribution >= 4 is 46.1 Å². The number of fused-ring (bicyclic) bond motifs is 1. The Morgan fingerprint density at radius 2 is 1.72 bits per heavy atom. The minimum Gasteiger partial charge on any atom is -0.444 e. The number of nitrogens with one attached hydrogen (secondary N) is 4. The van der Waals surface area contributed by atoms with Crippen LogP contribution in [0, 0.1) is 11.7 Å². The number of hydrogen-bond donors (Lipinski definition) is 4. The number of carbonyl (C=O) groups is 4. The molecule has 1 unspecified atom stereocenters. The zero-order chi connectivity index (χ0) is 31.5. The number of ether oxygens (including phenoxy) is 1. The molecule has 0 saturated carbocycles. The first-order valence-electron chi connectivity index (χ1n) is 14.5. The maximum atomic E-state index is 15.5. The van der Waals surface area contributed by atoms with E-state index in [4.69, 9.17) is 4.74 Å². The highest BCUT2D eigenvalue weighted by Gasteiger charge is 2.38. The monoisotopic (exact) mass is 593 g/mol. The maximum absolute atomic E-state index is 15.5. The standard InChI is InChI=1S/C32H40FN5O5/c1-18(2)16-25(37-31(42)43-32(4,5)6)30(41)38-15-7-8-26(38)29(40)35-22-13-14-24-23(17-22)27(33)28(36-24)20-9-11-21(12-10-20)34-19(3)39/h9-14,17-18,25-26,36H,7-8,15-16H2,1-6H3,(H,34,39)(H,35,40)(H,37,42)/t25-,26?/m1/s1. The first kappa shape index (κ1) is 31.5. The molecule has 4 amide bonds. The first-order valence-corrected chi connectivity index (χ1v) is 14.5. The summed E-state index contributed by atoms with van der Waals surface area (Å²) in [7, 11) is 0. The van der Waals surface area contributed by atoms with Crippen LogP contribution in [0.15, 0.2) is 42.5 Å². The summed E-state index contributed by atoms with van der Waals surface area (Å²) < 4.78 is 20.9. The van der Waals surface area contributed by atoms with E-state index in [1.54, 1.807) is 63.2 Å². The van der Waals surface area contributed by atoms with Gasteiger partial charge in [0.25, 0.3) is 0 Å². The average Bonchev–Trinajstić information content (AvgIpc) is 3.52. The number of halogens is 1. The Morgan fingerprint density at radius 3 is 2.35 bits per heavy atom. The van der Waals surface area contributed by atoms with Crippen LogP contribution >= 0.6 is 0 Å². The van der Waals surface area contributed by atoms with Crippen LogP contribution in [0.5, 0.6) is 0 Å². The fraction of sp³-hybridized carbons (Fsp3) is 0.438. The summed E-state index contributed by atoms with van der Waals surface area (Å²) in [5.74, 6) is -1.27. The number of aromatic amines is 1. The Balaban J connectivity index is 1.49. The largest absolute Gasteiger partial charge is 0.444 e. The molecular weight excluding hydrogens is 553 g/mol. The van der Waals surface area contributed by atoms with Gasteiger partial charge in [-0.15, -0.1) is 0 Å². The number of benzene rings is 2. The van der Waals surface area contributed by atoms with E-state index in [1.165, 1.54) is 11.8 Å². The lowest BCUT2D eigenvalue weighted by atomic mass is 10.0. The first-order chi connectivity index (χ1) is 20.2. The highest BCUT2D eigenvalue weighted by molar-refractivity contribution is 6.00. The molecule has 1 aliphatic heterocycles. The number of alkyl carbamates (subject to hydrolysis) is 1. The molecule has 4 N–H and O–H groups in total. The van der Waals surface area contributed by atoms with E-state index in [2.05, 4.69) is 20.9 Å². The summed E-state index contributed by atoms with van der Waals surface area (Å²) in [5.41, 5.74) is 1.73. The fourth-order valence-electron chi connectivity index (χ4n) is 5.23. The van der Waals surface area contributed by atoms with Gasteiger partial charge in [0.1, 0.15) is 17.7 Å². The van der Waals surface area contributed by atoms with Crippen molar-refractivity contribution in [1.82, 2.24) is 15.2 Å². The summed E-state index contributed by atoms with van der Waals surface area (Å²) in [6.07, 6.45) is 0.819. The zero-order valence-electron chi connectivity index (χ0n) is 25.5. The molecule has 4 rings (SSSR count). The molecule has 1 aliphatic rings. The number of amides is 4. The predicted octanol–water partition coefficient (Wildman–Crippen LogP) is 5.80. The van der Waals surface area contributed by atoms with Gasteiger partial charge in [-0.1, -0.05) is 26.0 Å². The number of likely N-dealkylation sites (tertiary alicyclic amines) is 1. The van der Waals surface area contributed by atoms with Crippen molar-refractivity contribution in [3.63, 3.8) is 0 Å². The van der Waals surface area contributed by atoms with E-state index in [9.17, 15) is 19.2 Å². The van der Waals surface area contributed by atoms with Gasteiger partial charge in [0.05, 0.1) is 5.69 Å². The zero-order valence-corrected chi connectivity index (χ0v) is 25.5. The van der Waals surface area contributed by atoms with E-state index in [1.807, 2.05) is 13.8 Å². The predicted molar refractivity (Wildman–Crippen MR) is 164 cm³/mol. The number of H-pyrrole nitrogens is 1. The minimum atomic E-state index is -0.834. The second kappa shape index (κ2) is 12.8. The third-order valence-corrected chi connectivity index (χ3v) is 7.03. The molecule has 1 saturated heterocycles. The lowest BCUT2D eigenvalue weighted by Crippen LogP contribution is -2.53. The molecule has 10 nitrogen and oxygen atoms in total. The molecule has 43 heavy (non-hydrogen) atoms. The highest BCUT2D eigenvalue weighted by atomic mass is 19.1. The van der Waals surface area contributed by atoms with E-state index in [0.717, 1.165) is 0 Å². The summed E-state index contributed by atoms with van der Waals surface area (Å²) >= 11 is 0. The Hall–Kier alpha value is -4.41. The van der Waals surface area contributed by atoms with Crippen molar-refractivity contribution < 1.29 is 28.3 Å². The quantitative estimate of drug-likeness (QED) is 0.262. The molecule has 230 valence electrons. The molecule has 1 aromatic heterocycles. The summed E-state index contributed by atoms with van der Waals surface area (Å²) in [6, 6.07) is 10.1. The maximum Gasteiger partial charge on any atom is 0.408 e. The SMILES string of the molecule is CC(=O)Nc1ccc(-c2[nH]c3ccc(NC(=O)C4CCCN4C(=O)[C@@H](CC(C)C)NC(=O)OC(C)(C)C)cc3c2F)cc1. The number of nitrogens with zero attached hydrogens (tertiary/aromatic N) is 1. The Kier molecular flexibility index (Phi) is 9.42. The van der Waals surface area contributed by atoms with Gasteiger partial charge in [0, 0.05) is 41.3 Å². The third-order valence-electron chi connectivity index (χ3n) is 7.03. The third kappa shape index (κ3) is 7.91. The summed E-state index contributed by atoms with van der Waals surface area (Å²) in [4.78, 5) is 55.3. The van der Waals surface area contributed by atoms with Crippen molar-refractivity contribution in [1.29, 1.82) is 0 Å². The van der Waals surface area contributed by atoms with Crippen LogP contribution in [0.2, 0.25) is 0 Å². The Labute approximate surface area is 250 Å². The molecule has 2 heterocycles. The molecule has 3 aromatic rings. The van der Waals surface area contributed by atoms with E-state index in [0.29, 0.717) is 53.6 Å². The lowest BCUT2D eigenvalue weighted by Gasteiger charge is -2.30. The Morgan fingerprint density at radius 1 is 1.05 bits per heavy atom. The number of carbonyl (C=O) groups excluding carboxylic acids is 4. The number of anilines is 2. The molecule has 0 radical (unpaired) electrons. The Bertz CT molecular complexity index is 1510. The number of aromatic nitrogens is 1. The second-order valence-electron chi connectivity index (χ2n) is 12.3. The minimum absolute atomic E-state index is 0.113. The van der Waals surface area contributed by atoms with Gasteiger partial charge < -0.3 is 30.6 Å².